The first-order valence-electron chi connectivity index (χ1n) is 5.33. The molecule has 3 N–H and O–H groups in total. The summed E-state index contributed by atoms with van der Waals surface area (Å²) in [6.07, 6.45) is 0. The van der Waals surface area contributed by atoms with Crippen molar-refractivity contribution in [2.24, 2.45) is 11.7 Å². The molecule has 1 aromatic carbocycles. The fraction of sp³-hybridized carbons (Fsp3) is 0.385. The lowest BCUT2D eigenvalue weighted by molar-refractivity contribution is 0.573. The van der Waals surface area contributed by atoms with E-state index in [0.29, 0.717) is 12.5 Å². The summed E-state index contributed by atoms with van der Waals surface area (Å²) in [6.45, 7) is 9.79. The molecule has 2 heteroatoms. The van der Waals surface area contributed by atoms with Gasteiger partial charge >= 0.3 is 0 Å². The van der Waals surface area contributed by atoms with Gasteiger partial charge in [0.1, 0.15) is 0 Å². The zero-order chi connectivity index (χ0) is 11.3. The molecule has 0 spiro atoms. The van der Waals surface area contributed by atoms with Crippen LogP contribution in [-0.4, -0.2) is 13.1 Å². The molecule has 0 aliphatic carbocycles. The topological polar surface area (TPSA) is 38.0 Å². The second-order valence-corrected chi connectivity index (χ2v) is 4.07. The molecule has 1 unspecified atom stereocenters. The van der Waals surface area contributed by atoms with E-state index >= 15 is 0 Å². The van der Waals surface area contributed by atoms with Gasteiger partial charge in [0.15, 0.2) is 0 Å². The summed E-state index contributed by atoms with van der Waals surface area (Å²) in [5, 5.41) is 3.29. The lowest BCUT2D eigenvalue weighted by atomic mass is 10.1. The largest absolute Gasteiger partial charge is 0.385 e. The van der Waals surface area contributed by atoms with Crippen LogP contribution in [0.5, 0.6) is 0 Å². The second-order valence-electron chi connectivity index (χ2n) is 4.07. The van der Waals surface area contributed by atoms with E-state index in [2.05, 4.69) is 50.0 Å². The fourth-order valence-corrected chi connectivity index (χ4v) is 1.24. The number of hydrogen-bond acceptors (Lipinski definition) is 2. The maximum absolute atomic E-state index is 5.55. The van der Waals surface area contributed by atoms with E-state index in [-0.39, 0.29) is 0 Å². The standard InChI is InChI=1S/C13H20N2/c1-10-4-6-13(7-5-10)12(3)15-9-11(2)8-14/h4-7,11,15H,3,8-9,14H2,1-2H3. The highest BCUT2D eigenvalue weighted by Crippen LogP contribution is 2.10. The van der Waals surface area contributed by atoms with Crippen LogP contribution in [0, 0.1) is 12.8 Å². The van der Waals surface area contributed by atoms with E-state index in [1.807, 2.05) is 0 Å². The van der Waals surface area contributed by atoms with Gasteiger partial charge in [0, 0.05) is 12.2 Å². The molecule has 1 rings (SSSR count). The zero-order valence-electron chi connectivity index (χ0n) is 9.59. The van der Waals surface area contributed by atoms with Gasteiger partial charge in [-0.15, -0.1) is 0 Å². The molecule has 0 fully saturated rings. The molecule has 1 atom stereocenters. The van der Waals surface area contributed by atoms with Crippen LogP contribution in [0.25, 0.3) is 5.70 Å². The third kappa shape index (κ3) is 3.76. The monoisotopic (exact) mass is 204 g/mol. The van der Waals surface area contributed by atoms with E-state index in [1.54, 1.807) is 0 Å². The molecular formula is C13H20N2. The third-order valence-electron chi connectivity index (χ3n) is 2.47. The van der Waals surface area contributed by atoms with Gasteiger partial charge in [-0.05, 0) is 24.9 Å². The first kappa shape index (κ1) is 11.8. The highest BCUT2D eigenvalue weighted by Gasteiger charge is 2.01. The van der Waals surface area contributed by atoms with Crippen LogP contribution in [0.4, 0.5) is 0 Å². The number of hydrogen-bond donors (Lipinski definition) is 2. The van der Waals surface area contributed by atoms with Crippen molar-refractivity contribution in [1.82, 2.24) is 5.32 Å². The molecule has 0 heterocycles. The molecule has 0 aliphatic rings. The van der Waals surface area contributed by atoms with Crippen LogP contribution >= 0.6 is 0 Å². The summed E-state index contributed by atoms with van der Waals surface area (Å²) >= 11 is 0. The lowest BCUT2D eigenvalue weighted by Crippen LogP contribution is -2.24. The van der Waals surface area contributed by atoms with E-state index in [1.165, 1.54) is 5.56 Å². The van der Waals surface area contributed by atoms with E-state index in [4.69, 9.17) is 5.73 Å². The SMILES string of the molecule is C=C(NCC(C)CN)c1ccc(C)cc1. The predicted molar refractivity (Wildman–Crippen MR) is 66.4 cm³/mol. The Labute approximate surface area is 92.2 Å². The summed E-state index contributed by atoms with van der Waals surface area (Å²) < 4.78 is 0. The Morgan fingerprint density at radius 3 is 2.53 bits per heavy atom. The van der Waals surface area contributed by atoms with Gasteiger partial charge in [0.25, 0.3) is 0 Å². The molecule has 0 saturated carbocycles. The minimum atomic E-state index is 0.479. The molecular weight excluding hydrogens is 184 g/mol. The van der Waals surface area contributed by atoms with Crippen molar-refractivity contribution in [3.8, 4) is 0 Å². The fourth-order valence-electron chi connectivity index (χ4n) is 1.24. The Bertz CT molecular complexity index is 314. The van der Waals surface area contributed by atoms with Gasteiger partial charge in [-0.25, -0.2) is 0 Å². The number of nitrogens with one attached hydrogen (secondary N) is 1. The van der Waals surface area contributed by atoms with Crippen LogP contribution in [0.3, 0.4) is 0 Å². The molecule has 0 radical (unpaired) electrons. The highest BCUT2D eigenvalue weighted by atomic mass is 14.9. The summed E-state index contributed by atoms with van der Waals surface area (Å²) in [5.41, 5.74) is 8.92. The first-order chi connectivity index (χ1) is 7.13. The molecule has 0 aromatic heterocycles. The van der Waals surface area contributed by atoms with Gasteiger partial charge < -0.3 is 11.1 Å². The molecule has 0 amide bonds. The van der Waals surface area contributed by atoms with E-state index < -0.39 is 0 Å². The Balaban J connectivity index is 2.50. The normalized spacial score (nSPS) is 12.2. The van der Waals surface area contributed by atoms with Crippen molar-refractivity contribution in [1.29, 1.82) is 0 Å². The maximum atomic E-state index is 5.55. The summed E-state index contributed by atoms with van der Waals surface area (Å²) in [6, 6.07) is 8.35. The van der Waals surface area contributed by atoms with E-state index in [0.717, 1.165) is 17.8 Å². The summed E-state index contributed by atoms with van der Waals surface area (Å²) in [7, 11) is 0. The quantitative estimate of drug-likeness (QED) is 0.771. The van der Waals surface area contributed by atoms with Crippen molar-refractivity contribution in [2.45, 2.75) is 13.8 Å². The van der Waals surface area contributed by atoms with Crippen LogP contribution in [0.1, 0.15) is 18.1 Å². The second kappa shape index (κ2) is 5.56. The molecule has 1 aromatic rings. The zero-order valence-corrected chi connectivity index (χ0v) is 9.59. The van der Waals surface area contributed by atoms with Gasteiger partial charge in [-0.1, -0.05) is 43.3 Å². The van der Waals surface area contributed by atoms with Crippen molar-refractivity contribution < 1.29 is 0 Å². The molecule has 15 heavy (non-hydrogen) atoms. The van der Waals surface area contributed by atoms with Gasteiger partial charge in [-0.3, -0.25) is 0 Å². The highest BCUT2D eigenvalue weighted by molar-refractivity contribution is 5.61. The number of aryl methyl sites for hydroxylation is 1. The lowest BCUT2D eigenvalue weighted by Gasteiger charge is -2.13. The van der Waals surface area contributed by atoms with Gasteiger partial charge in [0.2, 0.25) is 0 Å². The Morgan fingerprint density at radius 2 is 2.00 bits per heavy atom. The first-order valence-corrected chi connectivity index (χ1v) is 5.33. The smallest absolute Gasteiger partial charge is 0.0340 e. The number of nitrogens with two attached hydrogens (primary N) is 1. The predicted octanol–water partition coefficient (Wildman–Crippen LogP) is 2.15. The van der Waals surface area contributed by atoms with Crippen molar-refractivity contribution in [3.05, 3.63) is 42.0 Å². The number of benzene rings is 1. The van der Waals surface area contributed by atoms with Crippen LogP contribution in [0.15, 0.2) is 30.8 Å². The Hall–Kier alpha value is -1.28. The maximum Gasteiger partial charge on any atom is 0.0340 e. The minimum Gasteiger partial charge on any atom is -0.385 e. The minimum absolute atomic E-state index is 0.479. The van der Waals surface area contributed by atoms with Crippen molar-refractivity contribution in [2.75, 3.05) is 13.1 Å². The third-order valence-corrected chi connectivity index (χ3v) is 2.47. The van der Waals surface area contributed by atoms with Crippen LogP contribution in [0.2, 0.25) is 0 Å². The van der Waals surface area contributed by atoms with Crippen LogP contribution < -0.4 is 11.1 Å². The molecule has 0 bridgehead atoms. The number of rotatable bonds is 5. The summed E-state index contributed by atoms with van der Waals surface area (Å²) in [5.74, 6) is 0.479. The molecule has 0 saturated heterocycles. The molecule has 0 aliphatic heterocycles. The summed E-state index contributed by atoms with van der Waals surface area (Å²) in [4.78, 5) is 0. The average molecular weight is 204 g/mol. The average Bonchev–Trinajstić information content (AvgIpc) is 2.26. The van der Waals surface area contributed by atoms with Crippen molar-refractivity contribution in [3.63, 3.8) is 0 Å². The molecule has 82 valence electrons. The van der Waals surface area contributed by atoms with E-state index in [9.17, 15) is 0 Å². The van der Waals surface area contributed by atoms with Crippen LogP contribution in [-0.2, 0) is 0 Å². The van der Waals surface area contributed by atoms with Crippen molar-refractivity contribution >= 4 is 5.70 Å². The Morgan fingerprint density at radius 1 is 1.40 bits per heavy atom. The Kier molecular flexibility index (Phi) is 4.37. The van der Waals surface area contributed by atoms with Gasteiger partial charge in [-0.2, -0.15) is 0 Å². The van der Waals surface area contributed by atoms with Gasteiger partial charge in [0.05, 0.1) is 0 Å². The molecule has 2 nitrogen and oxygen atoms in total.